The molecular weight excluding hydrogens is 92.1 g/mol. The van der Waals surface area contributed by atoms with Gasteiger partial charge in [-0.2, -0.15) is 0 Å². The van der Waals surface area contributed by atoms with Crippen molar-refractivity contribution in [3.8, 4) is 0 Å². The van der Waals surface area contributed by atoms with Gasteiger partial charge in [-0.3, -0.25) is 0 Å². The van der Waals surface area contributed by atoms with Gasteiger partial charge in [0.15, 0.2) is 0 Å². The molecule has 0 aromatic rings. The van der Waals surface area contributed by atoms with Crippen molar-refractivity contribution >= 4 is 0 Å². The molecule has 0 radical (unpaired) electrons. The van der Waals surface area contributed by atoms with E-state index in [0.717, 1.165) is 0 Å². The summed E-state index contributed by atoms with van der Waals surface area (Å²) in [7, 11) is 0. The molecule has 7 heavy (non-hydrogen) atoms. The molecule has 0 rings (SSSR count). The Morgan fingerprint density at radius 3 is 2.29 bits per heavy atom. The third-order valence-corrected chi connectivity index (χ3v) is 0.760. The summed E-state index contributed by atoms with van der Waals surface area (Å²) in [4.78, 5) is 0. The van der Waals surface area contributed by atoms with E-state index in [1.54, 1.807) is 0 Å². The lowest BCUT2D eigenvalue weighted by Gasteiger charge is -2.12. The normalized spacial score (nSPS) is 18.1. The number of hydrogen-bond donors (Lipinski definition) is 2. The lowest BCUT2D eigenvalue weighted by atomic mass is 10.1. The molecule has 42 valence electrons. The maximum Gasteiger partial charge on any atom is 0.103 e. The van der Waals surface area contributed by atoms with Crippen LogP contribution in [0.3, 0.4) is 0 Å². The van der Waals surface area contributed by atoms with Crippen LogP contribution in [0, 0.1) is 0 Å². The molecule has 1 atom stereocenters. The largest absolute Gasteiger partial charge is 0.393 e. The SMILES string of the molecule is C=CC(C)(O)CO. The first-order chi connectivity index (χ1) is 3.12. The van der Waals surface area contributed by atoms with Crippen molar-refractivity contribution in [2.45, 2.75) is 12.5 Å². The zero-order valence-electron chi connectivity index (χ0n) is 4.39. The summed E-state index contributed by atoms with van der Waals surface area (Å²) in [5, 5.41) is 17.0. The number of rotatable bonds is 2. The fourth-order valence-corrected chi connectivity index (χ4v) is 0.0645. The predicted octanol–water partition coefficient (Wildman–Crippen LogP) is -0.0843. The van der Waals surface area contributed by atoms with Gasteiger partial charge in [-0.25, -0.2) is 0 Å². The summed E-state index contributed by atoms with van der Waals surface area (Å²) in [5.41, 5.74) is -1.10. The van der Waals surface area contributed by atoms with Crippen molar-refractivity contribution in [2.24, 2.45) is 0 Å². The molecule has 2 heteroatoms. The Morgan fingerprint density at radius 1 is 1.86 bits per heavy atom. The number of hydrogen-bond acceptors (Lipinski definition) is 2. The standard InChI is InChI=1S/C5H10O2/c1-3-5(2,7)4-6/h3,6-7H,1,4H2,2H3. The van der Waals surface area contributed by atoms with Gasteiger partial charge in [-0.05, 0) is 6.92 Å². The third-order valence-electron chi connectivity index (χ3n) is 0.760. The second-order valence-electron chi connectivity index (χ2n) is 1.72. The van der Waals surface area contributed by atoms with E-state index in [0.29, 0.717) is 0 Å². The fraction of sp³-hybridized carbons (Fsp3) is 0.600. The summed E-state index contributed by atoms with van der Waals surface area (Å²) >= 11 is 0. The third kappa shape index (κ3) is 2.37. The Labute approximate surface area is 43.1 Å². The topological polar surface area (TPSA) is 40.5 Å². The van der Waals surface area contributed by atoms with Gasteiger partial charge in [0.05, 0.1) is 6.61 Å². The molecule has 0 bridgehead atoms. The van der Waals surface area contributed by atoms with Gasteiger partial charge in [-0.1, -0.05) is 6.08 Å². The maximum atomic E-state index is 8.76. The first kappa shape index (κ1) is 6.66. The highest BCUT2D eigenvalue weighted by atomic mass is 16.3. The molecular formula is C5H10O2. The quantitative estimate of drug-likeness (QED) is 0.478. The Kier molecular flexibility index (Phi) is 1.99. The van der Waals surface area contributed by atoms with E-state index in [2.05, 4.69) is 6.58 Å². The van der Waals surface area contributed by atoms with Gasteiger partial charge in [-0.15, -0.1) is 6.58 Å². The summed E-state index contributed by atoms with van der Waals surface area (Å²) in [6, 6.07) is 0. The van der Waals surface area contributed by atoms with Gasteiger partial charge in [0, 0.05) is 0 Å². The minimum absolute atomic E-state index is 0.267. The molecule has 0 amide bonds. The monoisotopic (exact) mass is 102 g/mol. The average molecular weight is 102 g/mol. The summed E-state index contributed by atoms with van der Waals surface area (Å²) in [6.45, 7) is 4.51. The molecule has 0 spiro atoms. The van der Waals surface area contributed by atoms with Crippen LogP contribution in [-0.4, -0.2) is 22.4 Å². The molecule has 0 fully saturated rings. The van der Waals surface area contributed by atoms with Gasteiger partial charge in [0.1, 0.15) is 5.60 Å². The Bertz CT molecular complexity index is 66.5. The van der Waals surface area contributed by atoms with E-state index in [1.165, 1.54) is 13.0 Å². The fourth-order valence-electron chi connectivity index (χ4n) is 0.0645. The molecule has 0 saturated heterocycles. The van der Waals surface area contributed by atoms with Crippen molar-refractivity contribution in [3.05, 3.63) is 12.7 Å². The second kappa shape index (κ2) is 2.09. The van der Waals surface area contributed by atoms with Crippen molar-refractivity contribution < 1.29 is 10.2 Å². The van der Waals surface area contributed by atoms with Crippen LogP contribution in [0.4, 0.5) is 0 Å². The van der Waals surface area contributed by atoms with Gasteiger partial charge < -0.3 is 10.2 Å². The van der Waals surface area contributed by atoms with E-state index in [-0.39, 0.29) is 6.61 Å². The minimum Gasteiger partial charge on any atom is -0.393 e. The average Bonchev–Trinajstić information content (AvgIpc) is 1.68. The van der Waals surface area contributed by atoms with Crippen molar-refractivity contribution in [3.63, 3.8) is 0 Å². The van der Waals surface area contributed by atoms with Crippen molar-refractivity contribution in [1.82, 2.24) is 0 Å². The van der Waals surface area contributed by atoms with Crippen LogP contribution >= 0.6 is 0 Å². The molecule has 0 saturated carbocycles. The second-order valence-corrected chi connectivity index (χ2v) is 1.72. The Hall–Kier alpha value is -0.340. The van der Waals surface area contributed by atoms with Gasteiger partial charge in [0.25, 0.3) is 0 Å². The highest BCUT2D eigenvalue weighted by Crippen LogP contribution is 1.99. The molecule has 0 aliphatic heterocycles. The number of aliphatic hydroxyl groups excluding tert-OH is 1. The van der Waals surface area contributed by atoms with Crippen LogP contribution < -0.4 is 0 Å². The molecule has 2 N–H and O–H groups in total. The van der Waals surface area contributed by atoms with E-state index >= 15 is 0 Å². The molecule has 0 heterocycles. The Balaban J connectivity index is 3.58. The van der Waals surface area contributed by atoms with E-state index in [1.807, 2.05) is 0 Å². The van der Waals surface area contributed by atoms with E-state index < -0.39 is 5.60 Å². The van der Waals surface area contributed by atoms with E-state index in [4.69, 9.17) is 10.2 Å². The van der Waals surface area contributed by atoms with Crippen LogP contribution in [0.15, 0.2) is 12.7 Å². The molecule has 0 aromatic carbocycles. The highest BCUT2D eigenvalue weighted by Gasteiger charge is 2.11. The van der Waals surface area contributed by atoms with Crippen LogP contribution in [0.2, 0.25) is 0 Å². The van der Waals surface area contributed by atoms with Gasteiger partial charge in [0.2, 0.25) is 0 Å². The smallest absolute Gasteiger partial charge is 0.103 e. The van der Waals surface area contributed by atoms with E-state index in [9.17, 15) is 0 Å². The van der Waals surface area contributed by atoms with Crippen LogP contribution in [0.25, 0.3) is 0 Å². The highest BCUT2D eigenvalue weighted by molar-refractivity contribution is 4.90. The van der Waals surface area contributed by atoms with Crippen molar-refractivity contribution in [2.75, 3.05) is 6.61 Å². The zero-order chi connectivity index (χ0) is 5.91. The van der Waals surface area contributed by atoms with Crippen LogP contribution in [0.5, 0.6) is 0 Å². The van der Waals surface area contributed by atoms with Crippen LogP contribution in [0.1, 0.15) is 6.92 Å². The lowest BCUT2D eigenvalue weighted by Crippen LogP contribution is -2.24. The maximum absolute atomic E-state index is 8.76. The summed E-state index contributed by atoms with van der Waals surface area (Å²) in [5.74, 6) is 0. The molecule has 0 aromatic heterocycles. The zero-order valence-corrected chi connectivity index (χ0v) is 4.39. The van der Waals surface area contributed by atoms with Gasteiger partial charge >= 0.3 is 0 Å². The predicted molar refractivity (Wildman–Crippen MR) is 27.9 cm³/mol. The lowest BCUT2D eigenvalue weighted by molar-refractivity contribution is 0.0438. The minimum atomic E-state index is -1.10. The Morgan fingerprint density at radius 2 is 2.29 bits per heavy atom. The summed E-state index contributed by atoms with van der Waals surface area (Å²) < 4.78 is 0. The van der Waals surface area contributed by atoms with Crippen molar-refractivity contribution in [1.29, 1.82) is 0 Å². The molecule has 0 aliphatic rings. The molecule has 1 unspecified atom stereocenters. The number of aliphatic hydroxyl groups is 2. The van der Waals surface area contributed by atoms with Crippen LogP contribution in [-0.2, 0) is 0 Å². The molecule has 2 nitrogen and oxygen atoms in total. The molecule has 0 aliphatic carbocycles. The first-order valence-electron chi connectivity index (χ1n) is 2.09. The first-order valence-corrected chi connectivity index (χ1v) is 2.09. The summed E-state index contributed by atoms with van der Waals surface area (Å²) in [6.07, 6.45) is 1.30.